The number of nitrogens with zero attached hydrogens (tertiary/aromatic N) is 1. The van der Waals surface area contributed by atoms with E-state index in [0.717, 1.165) is 0 Å². The van der Waals surface area contributed by atoms with Crippen LogP contribution in [0.4, 0.5) is 16.2 Å². The van der Waals surface area contributed by atoms with E-state index in [1.165, 1.54) is 30.2 Å². The maximum Gasteiger partial charge on any atom is 0.413 e. The maximum atomic E-state index is 12.8. The van der Waals surface area contributed by atoms with Crippen LogP contribution in [0.2, 0.25) is 0 Å². The van der Waals surface area contributed by atoms with Gasteiger partial charge in [-0.3, -0.25) is 9.69 Å². The second-order valence-electron chi connectivity index (χ2n) is 7.98. The molecule has 0 unspecified atom stereocenters. The van der Waals surface area contributed by atoms with Gasteiger partial charge in [0.15, 0.2) is 0 Å². The van der Waals surface area contributed by atoms with Gasteiger partial charge in [-0.15, -0.1) is 0 Å². The van der Waals surface area contributed by atoms with Gasteiger partial charge in [-0.05, 0) is 70.2 Å². The van der Waals surface area contributed by atoms with Crippen LogP contribution >= 0.6 is 0 Å². The lowest BCUT2D eigenvalue weighted by Gasteiger charge is -2.21. The Kier molecular flexibility index (Phi) is 7.87. The molecule has 0 bridgehead atoms. The van der Waals surface area contributed by atoms with Gasteiger partial charge < -0.3 is 14.8 Å². The van der Waals surface area contributed by atoms with E-state index in [9.17, 15) is 18.0 Å². The summed E-state index contributed by atoms with van der Waals surface area (Å²) < 4.78 is 38.3. The van der Waals surface area contributed by atoms with E-state index >= 15 is 0 Å². The smallest absolute Gasteiger partial charge is 0.413 e. The highest BCUT2D eigenvalue weighted by atomic mass is 32.2. The third-order valence-corrected chi connectivity index (χ3v) is 5.99. The highest BCUT2D eigenvalue weighted by Gasteiger charge is 2.26. The number of amides is 2. The molecule has 174 valence electrons. The Balaban J connectivity index is 2.24. The summed E-state index contributed by atoms with van der Waals surface area (Å²) in [5.41, 5.74) is 0.505. The molecule has 10 heteroatoms. The molecule has 0 aromatic heterocycles. The third-order valence-electron chi connectivity index (χ3n) is 4.21. The second kappa shape index (κ2) is 10.0. The van der Waals surface area contributed by atoms with Crippen LogP contribution in [0.25, 0.3) is 0 Å². The molecule has 2 amide bonds. The molecule has 2 aromatic carbocycles. The quantitative estimate of drug-likeness (QED) is 0.648. The van der Waals surface area contributed by atoms with Crippen molar-refractivity contribution < 1.29 is 27.5 Å². The van der Waals surface area contributed by atoms with Crippen molar-refractivity contribution in [1.29, 1.82) is 0 Å². The number of methoxy groups -OCH3 is 1. The third kappa shape index (κ3) is 6.44. The number of carbonyl (C=O) groups excluding carboxylic acids is 2. The molecule has 0 spiro atoms. The summed E-state index contributed by atoms with van der Waals surface area (Å²) in [4.78, 5) is 25.8. The highest BCUT2D eigenvalue weighted by molar-refractivity contribution is 7.89. The predicted molar refractivity (Wildman–Crippen MR) is 123 cm³/mol. The number of carbonyl (C=O) groups is 2. The minimum atomic E-state index is -3.92. The molecule has 2 N–H and O–H groups in total. The fourth-order valence-corrected chi connectivity index (χ4v) is 4.40. The maximum absolute atomic E-state index is 12.8. The summed E-state index contributed by atoms with van der Waals surface area (Å²) in [7, 11) is -0.981. The van der Waals surface area contributed by atoms with Gasteiger partial charge in [0.25, 0.3) is 5.91 Å². The van der Waals surface area contributed by atoms with Gasteiger partial charge in [0.05, 0.1) is 13.7 Å². The zero-order valence-corrected chi connectivity index (χ0v) is 19.9. The number of hydrogen-bond donors (Lipinski definition) is 2. The topological polar surface area (TPSA) is 114 Å². The number of benzene rings is 2. The zero-order chi connectivity index (χ0) is 24.1. The van der Waals surface area contributed by atoms with Crippen LogP contribution in [-0.4, -0.2) is 46.7 Å². The molecule has 32 heavy (non-hydrogen) atoms. The predicted octanol–water partition coefficient (Wildman–Crippen LogP) is 3.62. The van der Waals surface area contributed by atoms with E-state index in [-0.39, 0.29) is 22.8 Å². The summed E-state index contributed by atoms with van der Waals surface area (Å²) >= 11 is 0. The second-order valence-corrected chi connectivity index (χ2v) is 9.63. The first-order chi connectivity index (χ1) is 14.9. The SMILES string of the molecule is CCOC(=O)N(C)c1ccc(NC(=O)c2ccc(OC)c(S(=O)(=O)NC(C)(C)C)c2)cc1. The van der Waals surface area contributed by atoms with Crippen molar-refractivity contribution >= 4 is 33.4 Å². The van der Waals surface area contributed by atoms with Crippen molar-refractivity contribution in [3.8, 4) is 5.75 Å². The number of rotatable bonds is 7. The van der Waals surface area contributed by atoms with Crippen LogP contribution in [0.15, 0.2) is 47.4 Å². The Labute approximate surface area is 188 Å². The Morgan fingerprint density at radius 2 is 1.69 bits per heavy atom. The van der Waals surface area contributed by atoms with Gasteiger partial charge in [-0.1, -0.05) is 0 Å². The number of anilines is 2. The zero-order valence-electron chi connectivity index (χ0n) is 19.1. The van der Waals surface area contributed by atoms with Crippen molar-refractivity contribution in [3.63, 3.8) is 0 Å². The molecule has 0 saturated heterocycles. The molecule has 0 fully saturated rings. The van der Waals surface area contributed by atoms with Crippen molar-refractivity contribution in [2.75, 3.05) is 31.0 Å². The average Bonchev–Trinajstić information content (AvgIpc) is 2.71. The molecule has 2 aromatic rings. The molecule has 0 aliphatic rings. The van der Waals surface area contributed by atoms with E-state index in [1.54, 1.807) is 59.0 Å². The minimum Gasteiger partial charge on any atom is -0.495 e. The van der Waals surface area contributed by atoms with Crippen molar-refractivity contribution in [1.82, 2.24) is 4.72 Å². The van der Waals surface area contributed by atoms with Crippen LogP contribution in [0.3, 0.4) is 0 Å². The van der Waals surface area contributed by atoms with E-state index in [0.29, 0.717) is 11.4 Å². The van der Waals surface area contributed by atoms with E-state index in [2.05, 4.69) is 10.0 Å². The van der Waals surface area contributed by atoms with Gasteiger partial charge in [0.2, 0.25) is 10.0 Å². The van der Waals surface area contributed by atoms with Crippen molar-refractivity contribution in [2.45, 2.75) is 38.1 Å². The van der Waals surface area contributed by atoms with Gasteiger partial charge >= 0.3 is 6.09 Å². The molecule has 2 rings (SSSR count). The first-order valence-corrected chi connectivity index (χ1v) is 11.4. The van der Waals surface area contributed by atoms with Crippen LogP contribution in [0, 0.1) is 0 Å². The number of nitrogens with one attached hydrogen (secondary N) is 2. The monoisotopic (exact) mass is 463 g/mol. The van der Waals surface area contributed by atoms with E-state index in [4.69, 9.17) is 9.47 Å². The molecular weight excluding hydrogens is 434 g/mol. The lowest BCUT2D eigenvalue weighted by Crippen LogP contribution is -2.40. The van der Waals surface area contributed by atoms with E-state index in [1.807, 2.05) is 0 Å². The lowest BCUT2D eigenvalue weighted by molar-refractivity contribution is 0.102. The van der Waals surface area contributed by atoms with Crippen molar-refractivity contribution in [3.05, 3.63) is 48.0 Å². The van der Waals surface area contributed by atoms with E-state index < -0.39 is 27.6 Å². The fraction of sp³-hybridized carbons (Fsp3) is 0.364. The summed E-state index contributed by atoms with van der Waals surface area (Å²) in [6, 6.07) is 10.8. The van der Waals surface area contributed by atoms with Crippen LogP contribution in [0.1, 0.15) is 38.1 Å². The number of hydrogen-bond acceptors (Lipinski definition) is 6. The fourth-order valence-electron chi connectivity index (χ4n) is 2.78. The van der Waals surface area contributed by atoms with Gasteiger partial charge in [-0.2, -0.15) is 0 Å². The molecule has 0 saturated carbocycles. The molecule has 9 nitrogen and oxygen atoms in total. The highest BCUT2D eigenvalue weighted by Crippen LogP contribution is 2.27. The largest absolute Gasteiger partial charge is 0.495 e. The van der Waals surface area contributed by atoms with Gasteiger partial charge in [-0.25, -0.2) is 17.9 Å². The van der Waals surface area contributed by atoms with Crippen molar-refractivity contribution in [2.24, 2.45) is 0 Å². The number of sulfonamides is 1. The molecular formula is C22H29N3O6S. The summed E-state index contributed by atoms with van der Waals surface area (Å²) in [5.74, 6) is -0.365. The van der Waals surface area contributed by atoms with Crippen LogP contribution in [-0.2, 0) is 14.8 Å². The Bertz CT molecular complexity index is 1080. The average molecular weight is 464 g/mol. The van der Waals surface area contributed by atoms with Crippen LogP contribution < -0.4 is 19.7 Å². The molecule has 0 radical (unpaired) electrons. The van der Waals surface area contributed by atoms with Crippen LogP contribution in [0.5, 0.6) is 5.75 Å². The van der Waals surface area contributed by atoms with Gasteiger partial charge in [0.1, 0.15) is 10.6 Å². The molecule has 0 atom stereocenters. The minimum absolute atomic E-state index is 0.129. The Morgan fingerprint density at radius 1 is 1.06 bits per heavy atom. The first kappa shape index (κ1) is 25.2. The molecule has 0 aliphatic carbocycles. The molecule has 0 aliphatic heterocycles. The summed E-state index contributed by atoms with van der Waals surface area (Å²) in [5, 5.41) is 2.71. The number of ether oxygens (including phenoxy) is 2. The normalized spacial score (nSPS) is 11.6. The summed E-state index contributed by atoms with van der Waals surface area (Å²) in [6.45, 7) is 7.14. The molecule has 0 heterocycles. The Morgan fingerprint density at radius 3 is 2.22 bits per heavy atom. The Hall–Kier alpha value is -3.11. The first-order valence-electron chi connectivity index (χ1n) is 9.92. The lowest BCUT2D eigenvalue weighted by atomic mass is 10.1. The summed E-state index contributed by atoms with van der Waals surface area (Å²) in [6.07, 6.45) is -0.486. The van der Waals surface area contributed by atoms with Gasteiger partial charge in [0, 0.05) is 29.5 Å². The standard InChI is InChI=1S/C22H29N3O6S/c1-7-31-21(27)25(5)17-11-9-16(10-12-17)23-20(26)15-8-13-18(30-6)19(14-15)32(28,29)24-22(2,3)4/h8-14,24H,7H2,1-6H3,(H,23,26).